The highest BCUT2D eigenvalue weighted by atomic mass is 19.1. The van der Waals surface area contributed by atoms with Crippen molar-refractivity contribution < 1.29 is 13.9 Å². The summed E-state index contributed by atoms with van der Waals surface area (Å²) in [6, 6.07) is 0. The van der Waals surface area contributed by atoms with E-state index in [1.54, 1.807) is 0 Å². The van der Waals surface area contributed by atoms with Gasteiger partial charge in [0.25, 0.3) is 0 Å². The first-order valence-electron chi connectivity index (χ1n) is 6.74. The lowest BCUT2D eigenvalue weighted by Gasteiger charge is -2.31. The van der Waals surface area contributed by atoms with Gasteiger partial charge in [0, 0.05) is 26.2 Å². The highest BCUT2D eigenvalue weighted by Crippen LogP contribution is 2.27. The van der Waals surface area contributed by atoms with Gasteiger partial charge in [-0.05, 0) is 0 Å². The molecule has 0 radical (unpaired) electrons. The minimum absolute atomic E-state index is 0.0920. The Bertz CT molecular complexity index is 436. The fourth-order valence-corrected chi connectivity index (χ4v) is 2.41. The van der Waals surface area contributed by atoms with Gasteiger partial charge in [-0.25, -0.2) is 0 Å². The first-order chi connectivity index (χ1) is 9.75. The Balaban J connectivity index is 1.91. The van der Waals surface area contributed by atoms with E-state index in [2.05, 4.69) is 9.97 Å². The molecule has 0 aliphatic carbocycles. The van der Waals surface area contributed by atoms with E-state index in [0.717, 1.165) is 0 Å². The number of rotatable bonds is 2. The second kappa shape index (κ2) is 5.76. The summed E-state index contributed by atoms with van der Waals surface area (Å²) in [6.07, 6.45) is 0. The SMILES string of the molecule is Nc1nc(N2CCOCC2)c(F)c(N2CCOCC2)n1. The lowest BCUT2D eigenvalue weighted by Crippen LogP contribution is -2.40. The standard InChI is InChI=1S/C12H18FN5O2/c13-9-10(17-1-5-19-6-2-17)15-12(14)16-11(9)18-3-7-20-8-4-18/h1-8H2,(H2,14,15,16). The van der Waals surface area contributed by atoms with Crippen molar-refractivity contribution in [3.05, 3.63) is 5.82 Å². The summed E-state index contributed by atoms with van der Waals surface area (Å²) in [5.41, 5.74) is 5.74. The number of morpholine rings is 2. The zero-order chi connectivity index (χ0) is 13.9. The van der Waals surface area contributed by atoms with Gasteiger partial charge in [0.2, 0.25) is 11.8 Å². The lowest BCUT2D eigenvalue weighted by molar-refractivity contribution is 0.121. The monoisotopic (exact) mass is 283 g/mol. The van der Waals surface area contributed by atoms with Crippen LogP contribution >= 0.6 is 0 Å². The number of ether oxygens (including phenoxy) is 2. The molecule has 2 saturated heterocycles. The van der Waals surface area contributed by atoms with E-state index in [4.69, 9.17) is 15.2 Å². The number of anilines is 3. The molecule has 0 bridgehead atoms. The van der Waals surface area contributed by atoms with Crippen LogP contribution in [0.3, 0.4) is 0 Å². The molecule has 110 valence electrons. The smallest absolute Gasteiger partial charge is 0.224 e. The van der Waals surface area contributed by atoms with Crippen molar-refractivity contribution in [1.29, 1.82) is 0 Å². The molecule has 3 heterocycles. The number of halogens is 1. The van der Waals surface area contributed by atoms with Crippen LogP contribution in [-0.2, 0) is 9.47 Å². The van der Waals surface area contributed by atoms with E-state index in [0.29, 0.717) is 52.6 Å². The minimum atomic E-state index is -0.414. The maximum atomic E-state index is 14.7. The molecule has 0 amide bonds. The molecule has 2 fully saturated rings. The fraction of sp³-hybridized carbons (Fsp3) is 0.667. The van der Waals surface area contributed by atoms with Crippen LogP contribution in [0.1, 0.15) is 0 Å². The van der Waals surface area contributed by atoms with Gasteiger partial charge in [0.05, 0.1) is 26.4 Å². The maximum Gasteiger partial charge on any atom is 0.224 e. The Kier molecular flexibility index (Phi) is 3.83. The van der Waals surface area contributed by atoms with Gasteiger partial charge >= 0.3 is 0 Å². The van der Waals surface area contributed by atoms with E-state index in [-0.39, 0.29) is 17.6 Å². The van der Waals surface area contributed by atoms with E-state index in [9.17, 15) is 4.39 Å². The molecule has 0 atom stereocenters. The summed E-state index contributed by atoms with van der Waals surface area (Å²) < 4.78 is 25.2. The Morgan fingerprint density at radius 2 is 1.25 bits per heavy atom. The number of nitrogen functional groups attached to an aromatic ring is 1. The molecule has 2 aliphatic rings. The molecule has 0 saturated carbocycles. The predicted molar refractivity (Wildman–Crippen MR) is 72.5 cm³/mol. The van der Waals surface area contributed by atoms with Crippen LogP contribution in [0.25, 0.3) is 0 Å². The van der Waals surface area contributed by atoms with Crippen LogP contribution in [0.15, 0.2) is 0 Å². The second-order valence-corrected chi connectivity index (χ2v) is 4.74. The molecule has 2 aliphatic heterocycles. The molecule has 8 heteroatoms. The second-order valence-electron chi connectivity index (χ2n) is 4.74. The van der Waals surface area contributed by atoms with Crippen molar-refractivity contribution in [2.75, 3.05) is 68.1 Å². The summed E-state index contributed by atoms with van der Waals surface area (Å²) in [7, 11) is 0. The number of hydrogen-bond acceptors (Lipinski definition) is 7. The molecular formula is C12H18FN5O2. The first kappa shape index (κ1) is 13.3. The summed E-state index contributed by atoms with van der Waals surface area (Å²) in [5, 5.41) is 0. The van der Waals surface area contributed by atoms with Gasteiger partial charge in [0.15, 0.2) is 11.6 Å². The van der Waals surface area contributed by atoms with Crippen LogP contribution in [0, 0.1) is 5.82 Å². The number of nitrogens with zero attached hydrogens (tertiary/aromatic N) is 4. The molecule has 7 nitrogen and oxygen atoms in total. The van der Waals surface area contributed by atoms with Crippen LogP contribution in [-0.4, -0.2) is 62.6 Å². The van der Waals surface area contributed by atoms with E-state index in [1.807, 2.05) is 9.80 Å². The van der Waals surface area contributed by atoms with Crippen molar-refractivity contribution >= 4 is 17.6 Å². The summed E-state index contributed by atoms with van der Waals surface area (Å²) in [4.78, 5) is 11.8. The maximum absolute atomic E-state index is 14.7. The van der Waals surface area contributed by atoms with E-state index >= 15 is 0 Å². The molecule has 1 aromatic heterocycles. The van der Waals surface area contributed by atoms with Gasteiger partial charge in [-0.2, -0.15) is 14.4 Å². The zero-order valence-electron chi connectivity index (χ0n) is 11.2. The van der Waals surface area contributed by atoms with Gasteiger partial charge in [0.1, 0.15) is 0 Å². The number of nitrogens with two attached hydrogens (primary N) is 1. The fourth-order valence-electron chi connectivity index (χ4n) is 2.41. The van der Waals surface area contributed by atoms with Crippen molar-refractivity contribution in [3.63, 3.8) is 0 Å². The van der Waals surface area contributed by atoms with Gasteiger partial charge in [-0.15, -0.1) is 0 Å². The van der Waals surface area contributed by atoms with E-state index < -0.39 is 5.82 Å². The lowest BCUT2D eigenvalue weighted by atomic mass is 10.3. The third-order valence-electron chi connectivity index (χ3n) is 3.45. The topological polar surface area (TPSA) is 76.7 Å². The van der Waals surface area contributed by atoms with Gasteiger partial charge in [-0.1, -0.05) is 0 Å². The number of aromatic nitrogens is 2. The molecule has 2 N–H and O–H groups in total. The quantitative estimate of drug-likeness (QED) is 0.810. The van der Waals surface area contributed by atoms with Gasteiger partial charge in [-0.3, -0.25) is 0 Å². The largest absolute Gasteiger partial charge is 0.378 e. The molecule has 0 unspecified atom stereocenters. The Morgan fingerprint density at radius 1 is 0.850 bits per heavy atom. The molecule has 20 heavy (non-hydrogen) atoms. The van der Waals surface area contributed by atoms with Crippen LogP contribution in [0.2, 0.25) is 0 Å². The van der Waals surface area contributed by atoms with Crippen LogP contribution in [0.4, 0.5) is 22.0 Å². The summed E-state index contributed by atoms with van der Waals surface area (Å²) in [6.45, 7) is 4.69. The van der Waals surface area contributed by atoms with Crippen molar-refractivity contribution in [1.82, 2.24) is 9.97 Å². The van der Waals surface area contributed by atoms with Crippen molar-refractivity contribution in [2.24, 2.45) is 0 Å². The third kappa shape index (κ3) is 2.61. The third-order valence-corrected chi connectivity index (χ3v) is 3.45. The first-order valence-corrected chi connectivity index (χ1v) is 6.74. The summed E-state index contributed by atoms with van der Waals surface area (Å²) in [5.74, 6) is 0.210. The average molecular weight is 283 g/mol. The molecular weight excluding hydrogens is 265 g/mol. The Morgan fingerprint density at radius 3 is 1.65 bits per heavy atom. The summed E-state index contributed by atoms with van der Waals surface area (Å²) >= 11 is 0. The van der Waals surface area contributed by atoms with Crippen molar-refractivity contribution in [3.8, 4) is 0 Å². The Hall–Kier alpha value is -1.67. The Labute approximate surface area is 116 Å². The molecule has 0 spiro atoms. The number of hydrogen-bond donors (Lipinski definition) is 1. The van der Waals surface area contributed by atoms with Crippen molar-refractivity contribution in [2.45, 2.75) is 0 Å². The van der Waals surface area contributed by atoms with Crippen LogP contribution in [0.5, 0.6) is 0 Å². The van der Waals surface area contributed by atoms with Crippen LogP contribution < -0.4 is 15.5 Å². The van der Waals surface area contributed by atoms with E-state index in [1.165, 1.54) is 0 Å². The average Bonchev–Trinajstić information content (AvgIpc) is 2.51. The molecule has 0 aromatic carbocycles. The van der Waals surface area contributed by atoms with Gasteiger partial charge < -0.3 is 25.0 Å². The predicted octanol–water partition coefficient (Wildman–Crippen LogP) is -0.129. The normalized spacial score (nSPS) is 20.2. The molecule has 3 rings (SSSR count). The highest BCUT2D eigenvalue weighted by molar-refractivity contribution is 5.56. The minimum Gasteiger partial charge on any atom is -0.378 e. The molecule has 1 aromatic rings. The zero-order valence-corrected chi connectivity index (χ0v) is 11.2. The highest BCUT2D eigenvalue weighted by Gasteiger charge is 2.25.